The first-order valence-corrected chi connectivity index (χ1v) is 14.0. The van der Waals surface area contributed by atoms with Crippen LogP contribution in [-0.2, 0) is 21.5 Å². The SMILES string of the molecule is COC(=O)Nc1c(C)nc(-c2ccccc2)n(CC(=O)N[C@@H](C(=O)c2nnc(C3(c4ccc(F)cc4)CC3)o2)C(C)C)c1=O. The van der Waals surface area contributed by atoms with Gasteiger partial charge in [-0.2, -0.15) is 0 Å². The Morgan fingerprint density at radius 3 is 2.36 bits per heavy atom. The first kappa shape index (κ1) is 30.3. The van der Waals surface area contributed by atoms with Gasteiger partial charge in [0.05, 0.1) is 24.3 Å². The molecule has 0 spiro atoms. The molecule has 1 saturated carbocycles. The van der Waals surface area contributed by atoms with E-state index in [1.165, 1.54) is 12.1 Å². The molecule has 0 bridgehead atoms. The van der Waals surface area contributed by atoms with Crippen LogP contribution in [0.1, 0.15) is 54.5 Å². The topological polar surface area (TPSA) is 158 Å². The van der Waals surface area contributed by atoms with Gasteiger partial charge in [-0.05, 0) is 43.4 Å². The average molecular weight is 603 g/mol. The van der Waals surface area contributed by atoms with Crippen LogP contribution in [0.15, 0.2) is 63.8 Å². The number of aryl methyl sites for hydroxylation is 1. The number of hydrogen-bond donors (Lipinski definition) is 2. The third kappa shape index (κ3) is 5.98. The number of rotatable bonds is 10. The second kappa shape index (κ2) is 12.2. The average Bonchev–Trinajstić information content (AvgIpc) is 3.67. The molecule has 2 aromatic heterocycles. The van der Waals surface area contributed by atoms with Crippen molar-refractivity contribution < 1.29 is 27.9 Å². The Bertz CT molecular complexity index is 1760. The summed E-state index contributed by atoms with van der Waals surface area (Å²) in [6, 6.07) is 13.7. The maximum absolute atomic E-state index is 13.5. The van der Waals surface area contributed by atoms with E-state index in [0.717, 1.165) is 17.2 Å². The maximum atomic E-state index is 13.5. The van der Waals surface area contributed by atoms with E-state index in [-0.39, 0.29) is 40.7 Å². The van der Waals surface area contributed by atoms with Crippen molar-refractivity contribution in [3.8, 4) is 11.4 Å². The van der Waals surface area contributed by atoms with Gasteiger partial charge in [-0.1, -0.05) is 56.3 Å². The molecule has 1 fully saturated rings. The molecule has 0 unspecified atom stereocenters. The van der Waals surface area contributed by atoms with E-state index in [1.54, 1.807) is 63.2 Å². The monoisotopic (exact) mass is 602 g/mol. The van der Waals surface area contributed by atoms with E-state index in [1.807, 2.05) is 0 Å². The molecule has 2 heterocycles. The number of amides is 2. The number of hydrogen-bond acceptors (Lipinski definition) is 9. The van der Waals surface area contributed by atoms with Crippen LogP contribution in [0.2, 0.25) is 0 Å². The second-order valence-electron chi connectivity index (χ2n) is 10.9. The lowest BCUT2D eigenvalue weighted by Gasteiger charge is -2.21. The van der Waals surface area contributed by atoms with Crippen molar-refractivity contribution in [1.29, 1.82) is 0 Å². The van der Waals surface area contributed by atoms with Gasteiger partial charge < -0.3 is 14.5 Å². The first-order chi connectivity index (χ1) is 21.0. The fourth-order valence-electron chi connectivity index (χ4n) is 4.98. The quantitative estimate of drug-likeness (QED) is 0.256. The molecule has 13 heteroatoms. The predicted octanol–water partition coefficient (Wildman–Crippen LogP) is 4.02. The number of halogens is 1. The summed E-state index contributed by atoms with van der Waals surface area (Å²) in [6.07, 6.45) is 0.538. The van der Waals surface area contributed by atoms with E-state index in [0.29, 0.717) is 18.4 Å². The minimum atomic E-state index is -1.06. The minimum Gasteiger partial charge on any atom is -0.453 e. The maximum Gasteiger partial charge on any atom is 0.411 e. The van der Waals surface area contributed by atoms with Crippen molar-refractivity contribution in [3.63, 3.8) is 0 Å². The minimum absolute atomic E-state index is 0.144. The molecule has 44 heavy (non-hydrogen) atoms. The highest BCUT2D eigenvalue weighted by Crippen LogP contribution is 2.52. The molecular formula is C31H31FN6O6. The molecule has 0 aliphatic heterocycles. The third-order valence-electron chi connectivity index (χ3n) is 7.55. The summed E-state index contributed by atoms with van der Waals surface area (Å²) >= 11 is 0. The van der Waals surface area contributed by atoms with Crippen molar-refractivity contribution in [2.45, 2.75) is 51.6 Å². The predicted molar refractivity (Wildman–Crippen MR) is 157 cm³/mol. The summed E-state index contributed by atoms with van der Waals surface area (Å²) in [5.74, 6) is -1.82. The standard InChI is InChI=1S/C31H31FN6O6/c1-17(2)23(25(40)27-36-37-29(44-27)31(14-15-31)20-10-12-21(32)13-11-20)34-22(39)16-38-26(19-8-6-5-7-9-19)33-18(3)24(28(38)41)35-30(42)43-4/h5-13,17,23H,14-16H2,1-4H3,(H,34,39)(H,35,42)/t23-/m1/s1. The molecule has 1 aliphatic carbocycles. The number of benzene rings is 2. The largest absolute Gasteiger partial charge is 0.453 e. The molecule has 228 valence electrons. The molecule has 2 amide bonds. The van der Waals surface area contributed by atoms with Crippen LogP contribution in [0.5, 0.6) is 0 Å². The number of methoxy groups -OCH3 is 1. The van der Waals surface area contributed by atoms with Gasteiger partial charge in [-0.15, -0.1) is 10.2 Å². The molecule has 0 radical (unpaired) electrons. The Kier molecular flexibility index (Phi) is 8.39. The van der Waals surface area contributed by atoms with Crippen LogP contribution in [0.4, 0.5) is 14.9 Å². The molecule has 4 aromatic rings. The zero-order valence-corrected chi connectivity index (χ0v) is 24.6. The molecule has 0 saturated heterocycles. The third-order valence-corrected chi connectivity index (χ3v) is 7.55. The highest BCUT2D eigenvalue weighted by Gasteiger charge is 2.51. The van der Waals surface area contributed by atoms with Gasteiger partial charge in [0.15, 0.2) is 0 Å². The zero-order valence-electron chi connectivity index (χ0n) is 24.6. The number of ketones is 1. The van der Waals surface area contributed by atoms with Crippen molar-refractivity contribution in [2.24, 2.45) is 5.92 Å². The van der Waals surface area contributed by atoms with Crippen LogP contribution in [0, 0.1) is 18.7 Å². The van der Waals surface area contributed by atoms with Gasteiger partial charge >= 0.3 is 6.09 Å². The van der Waals surface area contributed by atoms with E-state index < -0.39 is 41.3 Å². The molecule has 1 aliphatic rings. The number of ether oxygens (including phenoxy) is 1. The summed E-state index contributed by atoms with van der Waals surface area (Å²) in [6.45, 7) is 4.53. The molecule has 1 atom stereocenters. The lowest BCUT2D eigenvalue weighted by molar-refractivity contribution is -0.122. The number of aromatic nitrogens is 4. The fraction of sp³-hybridized carbons (Fsp3) is 0.323. The van der Waals surface area contributed by atoms with Crippen LogP contribution in [0.3, 0.4) is 0 Å². The van der Waals surface area contributed by atoms with E-state index >= 15 is 0 Å². The first-order valence-electron chi connectivity index (χ1n) is 14.0. The van der Waals surface area contributed by atoms with Crippen LogP contribution in [-0.4, -0.2) is 50.7 Å². The number of nitrogens with one attached hydrogen (secondary N) is 2. The smallest absolute Gasteiger partial charge is 0.411 e. The van der Waals surface area contributed by atoms with Gasteiger partial charge in [0.25, 0.3) is 11.4 Å². The van der Waals surface area contributed by atoms with E-state index in [4.69, 9.17) is 4.42 Å². The normalized spacial score (nSPS) is 14.1. The lowest BCUT2D eigenvalue weighted by Crippen LogP contribution is -2.46. The number of anilines is 1. The summed E-state index contributed by atoms with van der Waals surface area (Å²) in [5, 5.41) is 13.2. The van der Waals surface area contributed by atoms with Gasteiger partial charge in [0, 0.05) is 5.56 Å². The summed E-state index contributed by atoms with van der Waals surface area (Å²) < 4.78 is 25.0. The van der Waals surface area contributed by atoms with E-state index in [2.05, 4.69) is 30.6 Å². The van der Waals surface area contributed by atoms with Crippen molar-refractivity contribution in [1.82, 2.24) is 25.1 Å². The Labute approximate surface area is 251 Å². The fourth-order valence-corrected chi connectivity index (χ4v) is 4.98. The number of Topliss-reactive ketones (excluding diaryl/α,β-unsaturated/α-hetero) is 1. The Morgan fingerprint density at radius 1 is 1.07 bits per heavy atom. The Balaban J connectivity index is 1.40. The lowest BCUT2D eigenvalue weighted by atomic mass is 9.96. The molecule has 12 nitrogen and oxygen atoms in total. The van der Waals surface area contributed by atoms with Crippen LogP contribution >= 0.6 is 0 Å². The van der Waals surface area contributed by atoms with Crippen molar-refractivity contribution >= 4 is 23.5 Å². The molecule has 2 aromatic carbocycles. The van der Waals surface area contributed by atoms with Gasteiger partial charge in [0.2, 0.25) is 17.6 Å². The summed E-state index contributed by atoms with van der Waals surface area (Å²) in [4.78, 5) is 56.9. The Morgan fingerprint density at radius 2 is 1.75 bits per heavy atom. The molecular weight excluding hydrogens is 571 g/mol. The number of nitrogens with zero attached hydrogens (tertiary/aromatic N) is 4. The highest BCUT2D eigenvalue weighted by atomic mass is 19.1. The summed E-state index contributed by atoms with van der Waals surface area (Å²) in [5.41, 5.74) is 0.195. The van der Waals surface area contributed by atoms with Crippen LogP contribution in [0.25, 0.3) is 11.4 Å². The van der Waals surface area contributed by atoms with Gasteiger partial charge in [0.1, 0.15) is 23.9 Å². The Hall–Kier alpha value is -5.20. The van der Waals surface area contributed by atoms with Gasteiger partial charge in [-0.3, -0.25) is 24.3 Å². The van der Waals surface area contributed by atoms with E-state index in [9.17, 15) is 23.6 Å². The van der Waals surface area contributed by atoms with Crippen LogP contribution < -0.4 is 16.2 Å². The van der Waals surface area contributed by atoms with Gasteiger partial charge in [-0.25, -0.2) is 14.2 Å². The zero-order chi connectivity index (χ0) is 31.6. The molecule has 5 rings (SSSR count). The van der Waals surface area contributed by atoms with Crippen molar-refractivity contribution in [2.75, 3.05) is 12.4 Å². The summed E-state index contributed by atoms with van der Waals surface area (Å²) in [7, 11) is 1.16. The number of carbonyl (C=O) groups is 3. The molecule has 2 N–H and O–H groups in total. The second-order valence-corrected chi connectivity index (χ2v) is 10.9. The highest BCUT2D eigenvalue weighted by molar-refractivity contribution is 5.98. The number of carbonyl (C=O) groups excluding carboxylic acids is 3. The van der Waals surface area contributed by atoms with Crippen molar-refractivity contribution in [3.05, 3.63) is 93.8 Å².